The molecule has 2 aromatic rings. The van der Waals surface area contributed by atoms with Crippen molar-refractivity contribution in [2.45, 2.75) is 46.0 Å². The van der Waals surface area contributed by atoms with Crippen molar-refractivity contribution in [2.24, 2.45) is 11.8 Å². The third-order valence-corrected chi connectivity index (χ3v) is 6.00. The largest absolute Gasteiger partial charge is 0.496 e. The fourth-order valence-electron chi connectivity index (χ4n) is 4.09. The SMILES string of the molecule is COc1ccc2c(C)c(CC(=O)NCC3CCC(C(=O)O)CC3)c(=O)oc2c1C. The lowest BCUT2D eigenvalue weighted by Crippen LogP contribution is -2.34. The molecule has 0 spiro atoms. The quantitative estimate of drug-likeness (QED) is 0.721. The number of carboxylic acid groups (broad SMARTS) is 1. The standard InChI is InChI=1S/C22H27NO6/c1-12-16-8-9-18(28-3)13(2)20(16)29-22(27)17(12)10-19(24)23-11-14-4-6-15(7-5-14)21(25)26/h8-9,14-15H,4-7,10-11H2,1-3H3,(H,23,24)(H,25,26). The zero-order valence-electron chi connectivity index (χ0n) is 17.0. The fourth-order valence-corrected chi connectivity index (χ4v) is 4.09. The van der Waals surface area contributed by atoms with Gasteiger partial charge in [0.15, 0.2) is 0 Å². The van der Waals surface area contributed by atoms with E-state index in [1.165, 1.54) is 0 Å². The van der Waals surface area contributed by atoms with Gasteiger partial charge in [-0.1, -0.05) is 0 Å². The Morgan fingerprint density at radius 2 is 1.86 bits per heavy atom. The van der Waals surface area contributed by atoms with Gasteiger partial charge in [0.05, 0.1) is 25.0 Å². The highest BCUT2D eigenvalue weighted by atomic mass is 16.5. The first-order valence-electron chi connectivity index (χ1n) is 9.91. The summed E-state index contributed by atoms with van der Waals surface area (Å²) in [5.41, 5.74) is 1.81. The van der Waals surface area contributed by atoms with Crippen LogP contribution in [0.15, 0.2) is 21.3 Å². The van der Waals surface area contributed by atoms with Gasteiger partial charge < -0.3 is 19.6 Å². The van der Waals surface area contributed by atoms with Crippen LogP contribution >= 0.6 is 0 Å². The molecule has 1 amide bonds. The molecule has 3 rings (SSSR count). The minimum atomic E-state index is -0.737. The average molecular weight is 401 g/mol. The van der Waals surface area contributed by atoms with Gasteiger partial charge in [-0.05, 0) is 63.1 Å². The Balaban J connectivity index is 1.68. The molecule has 0 saturated heterocycles. The Kier molecular flexibility index (Phi) is 6.25. The summed E-state index contributed by atoms with van der Waals surface area (Å²) < 4.78 is 10.8. The van der Waals surface area contributed by atoms with Gasteiger partial charge >= 0.3 is 11.6 Å². The molecule has 1 saturated carbocycles. The molecule has 7 heteroatoms. The zero-order chi connectivity index (χ0) is 21.1. The molecule has 0 unspecified atom stereocenters. The van der Waals surface area contributed by atoms with Crippen molar-refractivity contribution >= 4 is 22.8 Å². The highest BCUT2D eigenvalue weighted by molar-refractivity contribution is 5.87. The topological polar surface area (TPSA) is 106 Å². The van der Waals surface area contributed by atoms with Crippen LogP contribution < -0.4 is 15.7 Å². The van der Waals surface area contributed by atoms with Gasteiger partial charge in [0, 0.05) is 17.5 Å². The minimum Gasteiger partial charge on any atom is -0.496 e. The van der Waals surface area contributed by atoms with Crippen LogP contribution in [0.2, 0.25) is 0 Å². The van der Waals surface area contributed by atoms with Crippen LogP contribution in [0.4, 0.5) is 0 Å². The molecule has 2 N–H and O–H groups in total. The predicted octanol–water partition coefficient (Wildman–Crippen LogP) is 2.97. The van der Waals surface area contributed by atoms with Crippen LogP contribution in [-0.4, -0.2) is 30.6 Å². The van der Waals surface area contributed by atoms with Crippen molar-refractivity contribution in [3.8, 4) is 5.75 Å². The van der Waals surface area contributed by atoms with Crippen LogP contribution in [0.25, 0.3) is 11.0 Å². The van der Waals surface area contributed by atoms with Crippen LogP contribution in [0.1, 0.15) is 42.4 Å². The molecule has 1 fully saturated rings. The van der Waals surface area contributed by atoms with Crippen molar-refractivity contribution < 1.29 is 23.8 Å². The first-order chi connectivity index (χ1) is 13.8. The highest BCUT2D eigenvalue weighted by Crippen LogP contribution is 2.30. The van der Waals surface area contributed by atoms with Crippen LogP contribution in [-0.2, 0) is 16.0 Å². The molecule has 29 heavy (non-hydrogen) atoms. The summed E-state index contributed by atoms with van der Waals surface area (Å²) in [5.74, 6) is -0.319. The van der Waals surface area contributed by atoms with Gasteiger partial charge in [-0.15, -0.1) is 0 Å². The summed E-state index contributed by atoms with van der Waals surface area (Å²) in [6, 6.07) is 3.66. The number of ether oxygens (including phenoxy) is 1. The molecule has 7 nitrogen and oxygen atoms in total. The van der Waals surface area contributed by atoms with E-state index >= 15 is 0 Å². The van der Waals surface area contributed by atoms with E-state index in [4.69, 9.17) is 14.3 Å². The molecule has 0 atom stereocenters. The normalized spacial score (nSPS) is 19.1. The summed E-state index contributed by atoms with van der Waals surface area (Å²) >= 11 is 0. The van der Waals surface area contributed by atoms with E-state index in [2.05, 4.69) is 5.32 Å². The van der Waals surface area contributed by atoms with Gasteiger partial charge in [-0.3, -0.25) is 9.59 Å². The molecule has 1 aromatic carbocycles. The number of fused-ring (bicyclic) bond motifs is 1. The third kappa shape index (κ3) is 4.44. The zero-order valence-corrected chi connectivity index (χ0v) is 17.0. The lowest BCUT2D eigenvalue weighted by molar-refractivity contribution is -0.143. The Labute approximate surface area is 169 Å². The number of nitrogens with one attached hydrogen (secondary N) is 1. The molecule has 1 heterocycles. The van der Waals surface area contributed by atoms with Gasteiger partial charge in [0.2, 0.25) is 5.91 Å². The Bertz CT molecular complexity index is 985. The lowest BCUT2D eigenvalue weighted by Gasteiger charge is -2.26. The highest BCUT2D eigenvalue weighted by Gasteiger charge is 2.26. The number of rotatable bonds is 6. The summed E-state index contributed by atoms with van der Waals surface area (Å²) in [4.78, 5) is 36.0. The van der Waals surface area contributed by atoms with Gasteiger partial charge in [0.1, 0.15) is 11.3 Å². The Morgan fingerprint density at radius 3 is 2.48 bits per heavy atom. The number of benzene rings is 1. The van der Waals surface area contributed by atoms with E-state index in [0.29, 0.717) is 36.3 Å². The maximum absolute atomic E-state index is 12.5. The second-order valence-corrected chi connectivity index (χ2v) is 7.80. The van der Waals surface area contributed by atoms with E-state index in [9.17, 15) is 14.4 Å². The van der Waals surface area contributed by atoms with Gasteiger partial charge in [0.25, 0.3) is 0 Å². The molecule has 1 aliphatic carbocycles. The number of aliphatic carboxylic acids is 1. The molecule has 1 aromatic heterocycles. The van der Waals surface area contributed by atoms with Crippen molar-refractivity contribution in [2.75, 3.05) is 13.7 Å². The average Bonchev–Trinajstić information content (AvgIpc) is 2.70. The molecular formula is C22H27NO6. The molecule has 0 bridgehead atoms. The van der Waals surface area contributed by atoms with E-state index in [1.807, 2.05) is 26.0 Å². The number of hydrogen-bond acceptors (Lipinski definition) is 5. The monoisotopic (exact) mass is 401 g/mol. The Hall–Kier alpha value is -2.83. The summed E-state index contributed by atoms with van der Waals surface area (Å²) in [7, 11) is 1.56. The Morgan fingerprint density at radius 1 is 1.17 bits per heavy atom. The second kappa shape index (κ2) is 8.68. The summed E-state index contributed by atoms with van der Waals surface area (Å²) in [6.07, 6.45) is 2.82. The second-order valence-electron chi connectivity index (χ2n) is 7.80. The minimum absolute atomic E-state index is 0.0420. The number of methoxy groups -OCH3 is 1. The van der Waals surface area contributed by atoms with Crippen molar-refractivity contribution in [1.29, 1.82) is 0 Å². The fraction of sp³-hybridized carbons (Fsp3) is 0.500. The van der Waals surface area contributed by atoms with E-state index in [-0.39, 0.29) is 24.2 Å². The molecule has 0 aliphatic heterocycles. The first-order valence-corrected chi connectivity index (χ1v) is 9.91. The maximum atomic E-state index is 12.5. The van der Waals surface area contributed by atoms with E-state index in [1.54, 1.807) is 7.11 Å². The molecule has 156 valence electrons. The number of amides is 1. The van der Waals surface area contributed by atoms with Crippen molar-refractivity contribution in [1.82, 2.24) is 5.32 Å². The molecular weight excluding hydrogens is 374 g/mol. The predicted molar refractivity (Wildman–Crippen MR) is 108 cm³/mol. The molecule has 0 radical (unpaired) electrons. The van der Waals surface area contributed by atoms with Crippen LogP contribution in [0, 0.1) is 25.7 Å². The smallest absolute Gasteiger partial charge is 0.340 e. The van der Waals surface area contributed by atoms with Crippen LogP contribution in [0.3, 0.4) is 0 Å². The first kappa shape index (κ1) is 20.9. The maximum Gasteiger partial charge on any atom is 0.340 e. The number of aryl methyl sites for hydroxylation is 2. The van der Waals surface area contributed by atoms with Crippen LogP contribution in [0.5, 0.6) is 5.75 Å². The number of carboxylic acids is 1. The third-order valence-electron chi connectivity index (χ3n) is 6.00. The number of carbonyl (C=O) groups excluding carboxylic acids is 1. The summed E-state index contributed by atoms with van der Waals surface area (Å²) in [5, 5.41) is 12.7. The van der Waals surface area contributed by atoms with Crippen molar-refractivity contribution in [3.63, 3.8) is 0 Å². The lowest BCUT2D eigenvalue weighted by atomic mass is 9.82. The van der Waals surface area contributed by atoms with E-state index in [0.717, 1.165) is 29.4 Å². The van der Waals surface area contributed by atoms with Gasteiger partial charge in [-0.25, -0.2) is 4.79 Å². The summed E-state index contributed by atoms with van der Waals surface area (Å²) in [6.45, 7) is 4.15. The van der Waals surface area contributed by atoms with Gasteiger partial charge in [-0.2, -0.15) is 0 Å². The molecule has 1 aliphatic rings. The van der Waals surface area contributed by atoms with E-state index < -0.39 is 11.6 Å². The van der Waals surface area contributed by atoms with Crippen molar-refractivity contribution in [3.05, 3.63) is 39.2 Å². The number of carbonyl (C=O) groups is 2. The number of hydrogen-bond donors (Lipinski definition) is 2.